The van der Waals surface area contributed by atoms with Crippen LogP contribution in [0.15, 0.2) is 23.1 Å². The van der Waals surface area contributed by atoms with Crippen LogP contribution < -0.4 is 15.8 Å². The van der Waals surface area contributed by atoms with E-state index in [0.29, 0.717) is 12.3 Å². The van der Waals surface area contributed by atoms with Crippen molar-refractivity contribution in [1.29, 1.82) is 0 Å². The summed E-state index contributed by atoms with van der Waals surface area (Å²) in [7, 11) is -0.451. The monoisotopic (exact) mass is 301 g/mol. The molecule has 0 saturated heterocycles. The van der Waals surface area contributed by atoms with E-state index in [9.17, 15) is 8.42 Å². The van der Waals surface area contributed by atoms with E-state index in [1.54, 1.807) is 13.2 Å². The Hall–Kier alpha value is -1.31. The van der Waals surface area contributed by atoms with Gasteiger partial charge in [-0.3, -0.25) is 0 Å². The predicted octanol–water partition coefficient (Wildman–Crippen LogP) is 1.40. The van der Waals surface area contributed by atoms with Crippen molar-refractivity contribution in [2.75, 3.05) is 31.8 Å². The lowest BCUT2D eigenvalue weighted by Gasteiger charge is -2.20. The van der Waals surface area contributed by atoms with Crippen LogP contribution in [0.2, 0.25) is 0 Å². The lowest BCUT2D eigenvalue weighted by Crippen LogP contribution is -2.25. The first kappa shape index (κ1) is 16.7. The minimum atomic E-state index is -3.47. The van der Waals surface area contributed by atoms with Crippen LogP contribution in [0.5, 0.6) is 0 Å². The molecule has 0 aliphatic carbocycles. The van der Waals surface area contributed by atoms with Gasteiger partial charge in [0.25, 0.3) is 0 Å². The Morgan fingerprint density at radius 1 is 1.40 bits per heavy atom. The van der Waals surface area contributed by atoms with Crippen molar-refractivity contribution in [3.05, 3.63) is 18.2 Å². The number of hydrogen-bond acceptors (Lipinski definition) is 5. The third-order valence-corrected chi connectivity index (χ3v) is 4.38. The summed E-state index contributed by atoms with van der Waals surface area (Å²) in [6.07, 6.45) is 1.97. The molecule has 0 spiro atoms. The number of sulfonamides is 1. The van der Waals surface area contributed by atoms with E-state index in [0.717, 1.165) is 18.5 Å². The van der Waals surface area contributed by atoms with E-state index in [1.165, 1.54) is 19.2 Å². The van der Waals surface area contributed by atoms with E-state index in [4.69, 9.17) is 10.5 Å². The molecule has 0 fully saturated rings. The van der Waals surface area contributed by atoms with Gasteiger partial charge < -0.3 is 15.8 Å². The number of methoxy groups -OCH3 is 1. The molecule has 114 valence electrons. The lowest BCUT2D eigenvalue weighted by atomic mass is 10.1. The zero-order valence-electron chi connectivity index (χ0n) is 12.1. The number of anilines is 2. The van der Waals surface area contributed by atoms with Crippen LogP contribution in [0, 0.1) is 0 Å². The van der Waals surface area contributed by atoms with Gasteiger partial charge in [-0.2, -0.15) is 0 Å². The van der Waals surface area contributed by atoms with E-state index in [-0.39, 0.29) is 10.9 Å². The minimum Gasteiger partial charge on any atom is -0.397 e. The molecule has 1 rings (SSSR count). The molecule has 0 radical (unpaired) electrons. The van der Waals surface area contributed by atoms with Gasteiger partial charge in [-0.15, -0.1) is 0 Å². The summed E-state index contributed by atoms with van der Waals surface area (Å²) < 4.78 is 30.8. The number of rotatable bonds is 8. The van der Waals surface area contributed by atoms with E-state index < -0.39 is 10.0 Å². The predicted molar refractivity (Wildman–Crippen MR) is 81.3 cm³/mol. The van der Waals surface area contributed by atoms with Crippen LogP contribution >= 0.6 is 0 Å². The molecule has 1 unspecified atom stereocenters. The number of ether oxygens (including phenoxy) is 1. The number of hydrogen-bond donors (Lipinski definition) is 3. The van der Waals surface area contributed by atoms with Gasteiger partial charge in [-0.25, -0.2) is 13.1 Å². The van der Waals surface area contributed by atoms with Crippen molar-refractivity contribution >= 4 is 21.4 Å². The minimum absolute atomic E-state index is 0.152. The third-order valence-electron chi connectivity index (χ3n) is 2.97. The molecule has 0 saturated carbocycles. The maximum absolute atomic E-state index is 11.7. The van der Waals surface area contributed by atoms with Gasteiger partial charge in [-0.05, 0) is 31.7 Å². The van der Waals surface area contributed by atoms with Crippen LogP contribution in [0.25, 0.3) is 0 Å². The number of nitrogens with one attached hydrogen (secondary N) is 2. The fourth-order valence-electron chi connectivity index (χ4n) is 1.92. The molecular formula is C13H23N3O3S. The Bertz CT molecular complexity index is 526. The summed E-state index contributed by atoms with van der Waals surface area (Å²) in [5.74, 6) is 0. The molecule has 0 aliphatic heterocycles. The first-order valence-electron chi connectivity index (χ1n) is 6.53. The highest BCUT2D eigenvalue weighted by Crippen LogP contribution is 2.23. The molecule has 0 aliphatic rings. The molecule has 1 atom stereocenters. The van der Waals surface area contributed by atoms with Gasteiger partial charge in [0, 0.05) is 13.2 Å². The second kappa shape index (κ2) is 7.47. The quantitative estimate of drug-likeness (QED) is 0.631. The molecule has 0 amide bonds. The lowest BCUT2D eigenvalue weighted by molar-refractivity contribution is 0.182. The van der Waals surface area contributed by atoms with Crippen LogP contribution in [0.3, 0.4) is 0 Å². The first-order valence-corrected chi connectivity index (χ1v) is 8.01. The zero-order valence-corrected chi connectivity index (χ0v) is 13.0. The van der Waals surface area contributed by atoms with E-state index >= 15 is 0 Å². The van der Waals surface area contributed by atoms with E-state index in [2.05, 4.69) is 17.0 Å². The standard InChI is InChI=1S/C13H23N3O3S/c1-4-5-10(9-19-3)16-13-7-6-11(8-12(13)14)20(17,18)15-2/h6-8,10,15-16H,4-5,9,14H2,1-3H3. The van der Waals surface area contributed by atoms with Crippen LogP contribution in [0.4, 0.5) is 11.4 Å². The van der Waals surface area contributed by atoms with Gasteiger partial charge in [-0.1, -0.05) is 13.3 Å². The van der Waals surface area contributed by atoms with Gasteiger partial charge in [0.2, 0.25) is 10.0 Å². The highest BCUT2D eigenvalue weighted by Gasteiger charge is 2.14. The Morgan fingerprint density at radius 2 is 2.10 bits per heavy atom. The average Bonchev–Trinajstić information content (AvgIpc) is 2.41. The summed E-state index contributed by atoms with van der Waals surface area (Å²) in [5.41, 5.74) is 7.04. The highest BCUT2D eigenvalue weighted by molar-refractivity contribution is 7.89. The Kier molecular flexibility index (Phi) is 6.25. The molecule has 6 nitrogen and oxygen atoms in total. The van der Waals surface area contributed by atoms with Crippen molar-refractivity contribution < 1.29 is 13.2 Å². The molecule has 20 heavy (non-hydrogen) atoms. The average molecular weight is 301 g/mol. The fourth-order valence-corrected chi connectivity index (χ4v) is 2.69. The molecule has 0 heterocycles. The summed E-state index contributed by atoms with van der Waals surface area (Å²) in [6, 6.07) is 4.81. The molecule has 7 heteroatoms. The SMILES string of the molecule is CCCC(COC)Nc1ccc(S(=O)(=O)NC)cc1N. The van der Waals surface area contributed by atoms with Crippen molar-refractivity contribution in [2.45, 2.75) is 30.7 Å². The second-order valence-electron chi connectivity index (χ2n) is 4.54. The number of nitrogens with two attached hydrogens (primary N) is 1. The molecular weight excluding hydrogens is 278 g/mol. The van der Waals surface area contributed by atoms with Crippen molar-refractivity contribution in [2.24, 2.45) is 0 Å². The molecule has 1 aromatic carbocycles. The summed E-state index contributed by atoms with van der Waals surface area (Å²) >= 11 is 0. The smallest absolute Gasteiger partial charge is 0.240 e. The normalized spacial score (nSPS) is 13.2. The van der Waals surface area contributed by atoms with Crippen molar-refractivity contribution in [3.63, 3.8) is 0 Å². The largest absolute Gasteiger partial charge is 0.397 e. The number of benzene rings is 1. The maximum atomic E-state index is 11.7. The van der Waals surface area contributed by atoms with E-state index in [1.807, 2.05) is 0 Å². The van der Waals surface area contributed by atoms with Crippen molar-refractivity contribution in [1.82, 2.24) is 4.72 Å². The fraction of sp³-hybridized carbons (Fsp3) is 0.538. The number of nitrogen functional groups attached to an aromatic ring is 1. The van der Waals surface area contributed by atoms with Gasteiger partial charge in [0.05, 0.1) is 22.9 Å². The van der Waals surface area contributed by atoms with Gasteiger partial charge in [0.1, 0.15) is 0 Å². The zero-order chi connectivity index (χ0) is 15.2. The second-order valence-corrected chi connectivity index (χ2v) is 6.43. The topological polar surface area (TPSA) is 93.4 Å². The van der Waals surface area contributed by atoms with Crippen LogP contribution in [0.1, 0.15) is 19.8 Å². The van der Waals surface area contributed by atoms with Gasteiger partial charge in [0.15, 0.2) is 0 Å². The Balaban J connectivity index is 2.93. The molecule has 0 aromatic heterocycles. The van der Waals surface area contributed by atoms with Crippen LogP contribution in [-0.4, -0.2) is 35.2 Å². The summed E-state index contributed by atoms with van der Waals surface area (Å²) in [6.45, 7) is 2.67. The molecule has 1 aromatic rings. The summed E-state index contributed by atoms with van der Waals surface area (Å²) in [4.78, 5) is 0.154. The third kappa shape index (κ3) is 4.36. The highest BCUT2D eigenvalue weighted by atomic mass is 32.2. The molecule has 0 bridgehead atoms. The van der Waals surface area contributed by atoms with Crippen LogP contribution in [-0.2, 0) is 14.8 Å². The first-order chi connectivity index (χ1) is 9.44. The Morgan fingerprint density at radius 3 is 2.60 bits per heavy atom. The van der Waals surface area contributed by atoms with Crippen molar-refractivity contribution in [3.8, 4) is 0 Å². The Labute approximate surface area is 120 Å². The summed E-state index contributed by atoms with van der Waals surface area (Å²) in [5, 5.41) is 3.28. The maximum Gasteiger partial charge on any atom is 0.240 e. The molecule has 4 N–H and O–H groups in total. The van der Waals surface area contributed by atoms with Gasteiger partial charge >= 0.3 is 0 Å².